The molecule has 6 nitrogen and oxygen atoms in total. The Labute approximate surface area is 173 Å². The zero-order valence-electron chi connectivity index (χ0n) is 14.6. The highest BCUT2D eigenvalue weighted by Crippen LogP contribution is 2.40. The topological polar surface area (TPSA) is 81.9 Å². The molecule has 1 saturated heterocycles. The van der Waals surface area contributed by atoms with Crippen LogP contribution in [0.25, 0.3) is 0 Å². The number of fused-ring (bicyclic) bond motifs is 1. The van der Waals surface area contributed by atoms with E-state index in [0.717, 1.165) is 11.3 Å². The summed E-state index contributed by atoms with van der Waals surface area (Å²) in [5.41, 5.74) is 7.64. The largest absolute Gasteiger partial charge is 0.497 e. The molecule has 2 N–H and O–H groups in total. The van der Waals surface area contributed by atoms with Gasteiger partial charge in [0.15, 0.2) is 0 Å². The molecule has 1 unspecified atom stereocenters. The predicted molar refractivity (Wildman–Crippen MR) is 108 cm³/mol. The second-order valence-electron chi connectivity index (χ2n) is 5.79. The van der Waals surface area contributed by atoms with Crippen LogP contribution in [-0.4, -0.2) is 46.9 Å². The Kier molecular flexibility index (Phi) is 7.61. The van der Waals surface area contributed by atoms with Gasteiger partial charge in [-0.3, -0.25) is 9.69 Å². The van der Waals surface area contributed by atoms with Crippen molar-refractivity contribution in [2.45, 2.75) is 18.0 Å². The number of benzene rings is 1. The van der Waals surface area contributed by atoms with Crippen molar-refractivity contribution in [2.24, 2.45) is 5.73 Å². The van der Waals surface area contributed by atoms with E-state index in [1.807, 2.05) is 12.1 Å². The summed E-state index contributed by atoms with van der Waals surface area (Å²) < 4.78 is 10.5. The van der Waals surface area contributed by atoms with Gasteiger partial charge in [0, 0.05) is 11.6 Å². The smallest absolute Gasteiger partial charge is 0.355 e. The predicted octanol–water partition coefficient (Wildman–Crippen LogP) is 2.45. The number of rotatable bonds is 6. The third-order valence-corrected chi connectivity index (χ3v) is 5.67. The first-order chi connectivity index (χ1) is 12.6. The summed E-state index contributed by atoms with van der Waals surface area (Å²) >= 11 is 7.23. The third kappa shape index (κ3) is 4.43. The SMILES string of the molecule is COc1ccc(COC(=O)C2=C(C=CCCl)CSC3[C@H](N)C(=O)N23)cc1.Cl. The number of alkyl halides is 1. The van der Waals surface area contributed by atoms with Gasteiger partial charge in [-0.15, -0.1) is 35.8 Å². The summed E-state index contributed by atoms with van der Waals surface area (Å²) in [5.74, 6) is 0.807. The number of ether oxygens (including phenoxy) is 2. The van der Waals surface area contributed by atoms with E-state index in [-0.39, 0.29) is 36.0 Å². The summed E-state index contributed by atoms with van der Waals surface area (Å²) in [6.45, 7) is 0.102. The average molecular weight is 431 g/mol. The van der Waals surface area contributed by atoms with Gasteiger partial charge in [-0.2, -0.15) is 0 Å². The Morgan fingerprint density at radius 1 is 1.41 bits per heavy atom. The van der Waals surface area contributed by atoms with E-state index < -0.39 is 12.0 Å². The highest BCUT2D eigenvalue weighted by molar-refractivity contribution is 8.00. The van der Waals surface area contributed by atoms with Gasteiger partial charge in [0.05, 0.1) is 7.11 Å². The van der Waals surface area contributed by atoms with Gasteiger partial charge in [0.2, 0.25) is 5.91 Å². The third-order valence-electron chi connectivity index (χ3n) is 4.17. The number of β-lactam (4-membered cyclic amide) rings is 1. The summed E-state index contributed by atoms with van der Waals surface area (Å²) in [4.78, 5) is 26.3. The molecule has 1 aromatic rings. The van der Waals surface area contributed by atoms with Gasteiger partial charge in [-0.1, -0.05) is 24.3 Å². The van der Waals surface area contributed by atoms with E-state index in [1.165, 1.54) is 16.7 Å². The fourth-order valence-corrected chi connectivity index (χ4v) is 4.14. The van der Waals surface area contributed by atoms with Gasteiger partial charge in [-0.05, 0) is 23.3 Å². The average Bonchev–Trinajstić information content (AvgIpc) is 2.69. The van der Waals surface area contributed by atoms with Crippen LogP contribution >= 0.6 is 35.8 Å². The van der Waals surface area contributed by atoms with E-state index in [9.17, 15) is 9.59 Å². The van der Waals surface area contributed by atoms with Gasteiger partial charge in [-0.25, -0.2) is 4.79 Å². The van der Waals surface area contributed by atoms with Gasteiger partial charge < -0.3 is 15.2 Å². The summed E-state index contributed by atoms with van der Waals surface area (Å²) in [5, 5.41) is -0.223. The van der Waals surface area contributed by atoms with Crippen LogP contribution in [0.5, 0.6) is 5.75 Å². The molecule has 0 aliphatic carbocycles. The normalized spacial score (nSPS) is 21.4. The molecule has 1 fully saturated rings. The van der Waals surface area contributed by atoms with Crippen LogP contribution in [-0.2, 0) is 20.9 Å². The number of hydrogen-bond acceptors (Lipinski definition) is 6. The van der Waals surface area contributed by atoms with Crippen molar-refractivity contribution in [3.05, 3.63) is 53.3 Å². The molecule has 0 bridgehead atoms. The number of halogens is 2. The molecule has 2 atom stereocenters. The Hall–Kier alpha value is -1.67. The van der Waals surface area contributed by atoms with Crippen LogP contribution in [0, 0.1) is 0 Å². The summed E-state index contributed by atoms with van der Waals surface area (Å²) in [6, 6.07) is 6.64. The molecule has 146 valence electrons. The Bertz CT molecular complexity index is 767. The number of carbonyl (C=O) groups is 2. The zero-order valence-corrected chi connectivity index (χ0v) is 17.0. The molecule has 0 radical (unpaired) electrons. The van der Waals surface area contributed by atoms with Crippen molar-refractivity contribution in [3.63, 3.8) is 0 Å². The molecule has 0 saturated carbocycles. The summed E-state index contributed by atoms with van der Waals surface area (Å²) in [6.07, 6.45) is 3.50. The lowest BCUT2D eigenvalue weighted by Gasteiger charge is -2.48. The number of nitrogens with two attached hydrogens (primary N) is 1. The maximum absolute atomic E-state index is 12.7. The fraction of sp³-hybridized carbons (Fsp3) is 0.333. The van der Waals surface area contributed by atoms with Crippen LogP contribution < -0.4 is 10.5 Å². The van der Waals surface area contributed by atoms with Crippen LogP contribution in [0.4, 0.5) is 0 Å². The Morgan fingerprint density at radius 2 is 2.11 bits per heavy atom. The van der Waals surface area contributed by atoms with Crippen molar-refractivity contribution in [3.8, 4) is 5.75 Å². The zero-order chi connectivity index (χ0) is 18.7. The standard InChI is InChI=1S/C18H19ClN2O4S.ClH/c1-24-13-6-4-11(5-7-13)9-25-18(23)15-12(3-2-8-19)10-26-17-14(20)16(22)21(15)17;/h2-7,14,17H,8-10,20H2,1H3;1H/t14-,17?;/m1./s1. The summed E-state index contributed by atoms with van der Waals surface area (Å²) in [7, 11) is 1.59. The van der Waals surface area contributed by atoms with E-state index in [0.29, 0.717) is 17.2 Å². The lowest BCUT2D eigenvalue weighted by atomic mass is 10.0. The number of carbonyl (C=O) groups excluding carboxylic acids is 2. The minimum Gasteiger partial charge on any atom is -0.497 e. The lowest BCUT2D eigenvalue weighted by Crippen LogP contribution is -2.68. The maximum atomic E-state index is 12.7. The van der Waals surface area contributed by atoms with Gasteiger partial charge in [0.1, 0.15) is 29.5 Å². The molecule has 1 amide bonds. The number of nitrogens with zero attached hydrogens (tertiary/aromatic N) is 1. The molecule has 1 aromatic carbocycles. The Morgan fingerprint density at radius 3 is 2.74 bits per heavy atom. The minimum absolute atomic E-state index is 0. The van der Waals surface area contributed by atoms with Crippen molar-refractivity contribution in [1.29, 1.82) is 0 Å². The van der Waals surface area contributed by atoms with Crippen molar-refractivity contribution < 1.29 is 19.1 Å². The maximum Gasteiger partial charge on any atom is 0.355 e. The number of thioether (sulfide) groups is 1. The molecule has 2 aliphatic rings. The minimum atomic E-state index is -0.581. The van der Waals surface area contributed by atoms with E-state index >= 15 is 0 Å². The molecular weight excluding hydrogens is 411 g/mol. The fourth-order valence-electron chi connectivity index (χ4n) is 2.78. The molecule has 9 heteroatoms. The molecule has 2 heterocycles. The van der Waals surface area contributed by atoms with Crippen LogP contribution in [0.2, 0.25) is 0 Å². The van der Waals surface area contributed by atoms with Gasteiger partial charge in [0.25, 0.3) is 0 Å². The van der Waals surface area contributed by atoms with E-state index in [2.05, 4.69) is 0 Å². The number of allylic oxidation sites excluding steroid dienone is 2. The number of hydrogen-bond donors (Lipinski definition) is 1. The van der Waals surface area contributed by atoms with Crippen LogP contribution in [0.1, 0.15) is 5.56 Å². The second-order valence-corrected chi connectivity index (χ2v) is 7.20. The van der Waals surface area contributed by atoms with E-state index in [1.54, 1.807) is 31.4 Å². The number of amides is 1. The first kappa shape index (κ1) is 21.6. The monoisotopic (exact) mass is 430 g/mol. The number of esters is 1. The number of methoxy groups -OCH3 is 1. The second kappa shape index (κ2) is 9.50. The highest BCUT2D eigenvalue weighted by atomic mass is 35.5. The highest BCUT2D eigenvalue weighted by Gasteiger charge is 2.51. The molecule has 27 heavy (non-hydrogen) atoms. The Balaban J connectivity index is 0.00000261. The lowest BCUT2D eigenvalue weighted by molar-refractivity contribution is -0.151. The van der Waals surface area contributed by atoms with Gasteiger partial charge >= 0.3 is 5.97 Å². The quantitative estimate of drug-likeness (QED) is 0.424. The molecule has 0 spiro atoms. The first-order valence-electron chi connectivity index (χ1n) is 8.02. The first-order valence-corrected chi connectivity index (χ1v) is 9.61. The molecular formula is C18H20Cl2N2O4S. The van der Waals surface area contributed by atoms with Crippen LogP contribution in [0.15, 0.2) is 47.7 Å². The van der Waals surface area contributed by atoms with Crippen molar-refractivity contribution in [1.82, 2.24) is 4.90 Å². The molecule has 3 rings (SSSR count). The van der Waals surface area contributed by atoms with Crippen LogP contribution in [0.3, 0.4) is 0 Å². The van der Waals surface area contributed by atoms with E-state index in [4.69, 9.17) is 26.8 Å². The van der Waals surface area contributed by atoms with Crippen molar-refractivity contribution in [2.75, 3.05) is 18.7 Å². The molecule has 2 aliphatic heterocycles. The van der Waals surface area contributed by atoms with Crippen molar-refractivity contribution >= 4 is 47.6 Å². The molecule has 0 aromatic heterocycles.